The van der Waals surface area contributed by atoms with E-state index in [-0.39, 0.29) is 0 Å². The number of methoxy groups -OCH3 is 1. The van der Waals surface area contributed by atoms with Gasteiger partial charge >= 0.3 is 0 Å². The summed E-state index contributed by atoms with van der Waals surface area (Å²) in [4.78, 5) is 2.46. The van der Waals surface area contributed by atoms with Crippen LogP contribution in [-0.2, 0) is 6.54 Å². The number of hydrogen-bond acceptors (Lipinski definition) is 3. The van der Waals surface area contributed by atoms with Crippen molar-refractivity contribution < 1.29 is 4.74 Å². The summed E-state index contributed by atoms with van der Waals surface area (Å²) < 4.78 is 5.17. The Morgan fingerprint density at radius 3 is 2.47 bits per heavy atom. The number of nitrogens with zero attached hydrogens (tertiary/aromatic N) is 1. The van der Waals surface area contributed by atoms with Crippen LogP contribution in [0.25, 0.3) is 0 Å². The van der Waals surface area contributed by atoms with Gasteiger partial charge in [-0.05, 0) is 50.7 Å². The SMILES string of the molecule is COc1ccc(CN(C)C2CCNCC2)cc1. The number of ether oxygens (including phenoxy) is 1. The molecule has 0 aromatic heterocycles. The third-order valence-electron chi connectivity index (χ3n) is 3.52. The third-order valence-corrected chi connectivity index (χ3v) is 3.52. The Balaban J connectivity index is 1.89. The van der Waals surface area contributed by atoms with E-state index in [0.717, 1.165) is 31.4 Å². The Morgan fingerprint density at radius 2 is 1.88 bits per heavy atom. The number of nitrogens with one attached hydrogen (secondary N) is 1. The average molecular weight is 234 g/mol. The predicted molar refractivity (Wildman–Crippen MR) is 70.4 cm³/mol. The maximum absolute atomic E-state index is 5.17. The van der Waals surface area contributed by atoms with Gasteiger partial charge in [0.2, 0.25) is 0 Å². The first kappa shape index (κ1) is 12.4. The van der Waals surface area contributed by atoms with Crippen LogP contribution in [0.2, 0.25) is 0 Å². The normalized spacial score (nSPS) is 17.4. The van der Waals surface area contributed by atoms with Gasteiger partial charge in [-0.1, -0.05) is 12.1 Å². The molecule has 94 valence electrons. The largest absolute Gasteiger partial charge is 0.497 e. The Labute approximate surface area is 104 Å². The van der Waals surface area contributed by atoms with Crippen molar-refractivity contribution >= 4 is 0 Å². The first-order valence-electron chi connectivity index (χ1n) is 6.33. The van der Waals surface area contributed by atoms with Crippen LogP contribution in [-0.4, -0.2) is 38.2 Å². The Morgan fingerprint density at radius 1 is 1.24 bits per heavy atom. The van der Waals surface area contributed by atoms with Crippen molar-refractivity contribution in [2.75, 3.05) is 27.2 Å². The van der Waals surface area contributed by atoms with Crippen LogP contribution in [0.1, 0.15) is 18.4 Å². The van der Waals surface area contributed by atoms with E-state index in [1.807, 2.05) is 12.1 Å². The zero-order chi connectivity index (χ0) is 12.1. The summed E-state index contributed by atoms with van der Waals surface area (Å²) in [5.74, 6) is 0.929. The van der Waals surface area contributed by atoms with Crippen LogP contribution in [0.4, 0.5) is 0 Å². The van der Waals surface area contributed by atoms with Crippen molar-refractivity contribution in [2.45, 2.75) is 25.4 Å². The lowest BCUT2D eigenvalue weighted by molar-refractivity contribution is 0.192. The van der Waals surface area contributed by atoms with Gasteiger partial charge in [-0.3, -0.25) is 4.90 Å². The van der Waals surface area contributed by atoms with E-state index < -0.39 is 0 Å². The molecule has 1 aromatic carbocycles. The van der Waals surface area contributed by atoms with Crippen molar-refractivity contribution in [1.82, 2.24) is 10.2 Å². The average Bonchev–Trinajstić information content (AvgIpc) is 2.40. The van der Waals surface area contributed by atoms with Crippen LogP contribution in [0.15, 0.2) is 24.3 Å². The monoisotopic (exact) mass is 234 g/mol. The zero-order valence-electron chi connectivity index (χ0n) is 10.8. The summed E-state index contributed by atoms with van der Waals surface area (Å²) in [6, 6.07) is 9.09. The molecule has 0 saturated carbocycles. The molecule has 17 heavy (non-hydrogen) atoms. The molecule has 0 radical (unpaired) electrons. The maximum Gasteiger partial charge on any atom is 0.118 e. The van der Waals surface area contributed by atoms with Crippen LogP contribution in [0, 0.1) is 0 Å². The van der Waals surface area contributed by atoms with E-state index in [0.29, 0.717) is 0 Å². The summed E-state index contributed by atoms with van der Waals surface area (Å²) in [5.41, 5.74) is 1.35. The molecular weight excluding hydrogens is 212 g/mol. The summed E-state index contributed by atoms with van der Waals surface area (Å²) in [5, 5.41) is 3.41. The fraction of sp³-hybridized carbons (Fsp3) is 0.571. The maximum atomic E-state index is 5.17. The first-order chi connectivity index (χ1) is 8.29. The van der Waals surface area contributed by atoms with Crippen molar-refractivity contribution in [2.24, 2.45) is 0 Å². The van der Waals surface area contributed by atoms with Gasteiger partial charge in [-0.15, -0.1) is 0 Å². The van der Waals surface area contributed by atoms with Gasteiger partial charge in [0, 0.05) is 12.6 Å². The molecule has 1 fully saturated rings. The minimum atomic E-state index is 0.721. The molecule has 3 nitrogen and oxygen atoms in total. The third kappa shape index (κ3) is 3.45. The molecule has 1 N–H and O–H groups in total. The van der Waals surface area contributed by atoms with Crippen LogP contribution in [0.3, 0.4) is 0 Å². The molecule has 1 aliphatic rings. The molecule has 0 spiro atoms. The van der Waals surface area contributed by atoms with Crippen molar-refractivity contribution in [3.63, 3.8) is 0 Å². The van der Waals surface area contributed by atoms with Gasteiger partial charge in [0.15, 0.2) is 0 Å². The topological polar surface area (TPSA) is 24.5 Å². The molecule has 1 saturated heterocycles. The smallest absolute Gasteiger partial charge is 0.118 e. The van der Waals surface area contributed by atoms with E-state index in [4.69, 9.17) is 4.74 Å². The highest BCUT2D eigenvalue weighted by molar-refractivity contribution is 5.27. The molecule has 0 aliphatic carbocycles. The van der Waals surface area contributed by atoms with Crippen molar-refractivity contribution in [1.29, 1.82) is 0 Å². The fourth-order valence-corrected chi connectivity index (χ4v) is 2.40. The molecule has 1 aromatic rings. The van der Waals surface area contributed by atoms with Crippen molar-refractivity contribution in [3.8, 4) is 5.75 Å². The molecule has 0 bridgehead atoms. The predicted octanol–water partition coefficient (Wildman–Crippen LogP) is 1.88. The zero-order valence-corrected chi connectivity index (χ0v) is 10.8. The molecule has 0 unspecified atom stereocenters. The molecule has 0 atom stereocenters. The lowest BCUT2D eigenvalue weighted by Crippen LogP contribution is -2.40. The number of hydrogen-bond donors (Lipinski definition) is 1. The van der Waals surface area contributed by atoms with Gasteiger partial charge in [-0.2, -0.15) is 0 Å². The van der Waals surface area contributed by atoms with Gasteiger partial charge in [0.05, 0.1) is 7.11 Å². The minimum absolute atomic E-state index is 0.721. The van der Waals surface area contributed by atoms with E-state index in [1.54, 1.807) is 7.11 Å². The standard InChI is InChI=1S/C14H22N2O/c1-16(13-7-9-15-10-8-13)11-12-3-5-14(17-2)6-4-12/h3-6,13,15H,7-11H2,1-2H3. The van der Waals surface area contributed by atoms with Gasteiger partial charge in [-0.25, -0.2) is 0 Å². The highest BCUT2D eigenvalue weighted by Gasteiger charge is 2.17. The lowest BCUT2D eigenvalue weighted by atomic mass is 10.0. The Hall–Kier alpha value is -1.06. The summed E-state index contributed by atoms with van der Waals surface area (Å²) in [6.45, 7) is 3.32. The van der Waals surface area contributed by atoms with Crippen LogP contribution in [0.5, 0.6) is 5.75 Å². The fourth-order valence-electron chi connectivity index (χ4n) is 2.40. The van der Waals surface area contributed by atoms with Crippen molar-refractivity contribution in [3.05, 3.63) is 29.8 Å². The lowest BCUT2D eigenvalue weighted by Gasteiger charge is -2.31. The van der Waals surface area contributed by atoms with E-state index in [9.17, 15) is 0 Å². The minimum Gasteiger partial charge on any atom is -0.497 e. The first-order valence-corrected chi connectivity index (χ1v) is 6.33. The number of benzene rings is 1. The summed E-state index contributed by atoms with van der Waals surface area (Å²) in [6.07, 6.45) is 2.51. The molecule has 1 aliphatic heterocycles. The van der Waals surface area contributed by atoms with E-state index in [2.05, 4.69) is 29.4 Å². The summed E-state index contributed by atoms with van der Waals surface area (Å²) in [7, 11) is 3.93. The second-order valence-corrected chi connectivity index (χ2v) is 4.74. The summed E-state index contributed by atoms with van der Waals surface area (Å²) >= 11 is 0. The Bertz CT molecular complexity index is 331. The molecule has 0 amide bonds. The van der Waals surface area contributed by atoms with E-state index in [1.165, 1.54) is 18.4 Å². The van der Waals surface area contributed by atoms with Crippen LogP contribution < -0.4 is 10.1 Å². The van der Waals surface area contributed by atoms with Crippen LogP contribution >= 0.6 is 0 Å². The molecule has 1 heterocycles. The molecule has 3 heteroatoms. The van der Waals surface area contributed by atoms with E-state index >= 15 is 0 Å². The van der Waals surface area contributed by atoms with Gasteiger partial charge < -0.3 is 10.1 Å². The highest BCUT2D eigenvalue weighted by Crippen LogP contribution is 2.16. The second-order valence-electron chi connectivity index (χ2n) is 4.74. The number of rotatable bonds is 4. The Kier molecular flexibility index (Phi) is 4.40. The van der Waals surface area contributed by atoms with Gasteiger partial charge in [0.25, 0.3) is 0 Å². The molecular formula is C14H22N2O. The quantitative estimate of drug-likeness (QED) is 0.861. The second kappa shape index (κ2) is 6.03. The molecule has 2 rings (SSSR count). The highest BCUT2D eigenvalue weighted by atomic mass is 16.5. The van der Waals surface area contributed by atoms with Gasteiger partial charge in [0.1, 0.15) is 5.75 Å². The number of piperidine rings is 1.